The molecular weight excluding hydrogens is 706 g/mol. The van der Waals surface area contributed by atoms with Gasteiger partial charge in [-0.15, -0.1) is 0 Å². The number of hydrogen-bond acceptors (Lipinski definition) is 11. The first-order valence-corrected chi connectivity index (χ1v) is 18.2. The summed E-state index contributed by atoms with van der Waals surface area (Å²) in [5.74, 6) is -0.941. The number of carbonyl (C=O) groups is 1. The molecule has 0 spiro atoms. The van der Waals surface area contributed by atoms with E-state index in [4.69, 9.17) is 25.8 Å². The second kappa shape index (κ2) is 13.6. The number of halogens is 3. The van der Waals surface area contributed by atoms with E-state index in [-0.39, 0.29) is 51.4 Å². The zero-order valence-corrected chi connectivity index (χ0v) is 30.4. The van der Waals surface area contributed by atoms with Crippen molar-refractivity contribution >= 4 is 51.1 Å². The minimum Gasteiger partial charge on any atom is -0.461 e. The molecule has 2 aromatic carbocycles. The maximum absolute atomic E-state index is 16.9. The van der Waals surface area contributed by atoms with Gasteiger partial charge in [-0.3, -0.25) is 14.7 Å². The van der Waals surface area contributed by atoms with Crippen molar-refractivity contribution in [2.75, 3.05) is 44.7 Å². The minimum atomic E-state index is -1.28. The normalized spacial score (nSPS) is 18.8. The van der Waals surface area contributed by atoms with Crippen LogP contribution in [0.5, 0.6) is 6.01 Å². The first-order chi connectivity index (χ1) is 25.4. The number of fused-ring (bicyclic) bond motifs is 3. The quantitative estimate of drug-likeness (QED) is 0.174. The Kier molecular flexibility index (Phi) is 9.02. The number of amides is 1. The highest BCUT2D eigenvalue weighted by atomic mass is 35.5. The molecule has 5 aromatic rings. The van der Waals surface area contributed by atoms with Gasteiger partial charge in [0.25, 0.3) is 5.89 Å². The average molecular weight is 745 g/mol. The maximum Gasteiger partial charge on any atom is 0.319 e. The first-order valence-electron chi connectivity index (χ1n) is 17.8. The van der Waals surface area contributed by atoms with Gasteiger partial charge >= 0.3 is 6.01 Å². The molecule has 0 radical (unpaired) electrons. The summed E-state index contributed by atoms with van der Waals surface area (Å²) in [6, 6.07) is 7.93. The number of anilines is 1. The molecule has 3 saturated heterocycles. The molecule has 15 heteroatoms. The van der Waals surface area contributed by atoms with Gasteiger partial charge in [0, 0.05) is 55.5 Å². The van der Waals surface area contributed by atoms with Crippen LogP contribution in [0.25, 0.3) is 39.0 Å². The summed E-state index contributed by atoms with van der Waals surface area (Å²) in [7, 11) is 1.85. The molecule has 0 aliphatic carbocycles. The smallest absolute Gasteiger partial charge is 0.319 e. The van der Waals surface area contributed by atoms with Crippen LogP contribution in [0.15, 0.2) is 47.1 Å². The molecular formula is C38H39ClF2N8O4. The van der Waals surface area contributed by atoms with E-state index in [2.05, 4.69) is 25.0 Å². The number of ether oxygens (including phenoxy) is 1. The van der Waals surface area contributed by atoms with Crippen LogP contribution in [-0.4, -0.2) is 97.3 Å². The number of aromatic nitrogens is 5. The van der Waals surface area contributed by atoms with Gasteiger partial charge in [0.15, 0.2) is 5.82 Å². The number of aliphatic hydroxyl groups is 1. The number of carbonyl (C=O) groups excluding carboxylic acids is 1. The van der Waals surface area contributed by atoms with E-state index in [9.17, 15) is 14.3 Å². The lowest BCUT2D eigenvalue weighted by atomic mass is 9.95. The van der Waals surface area contributed by atoms with Crippen LogP contribution < -0.4 is 9.64 Å². The van der Waals surface area contributed by atoms with Gasteiger partial charge in [-0.1, -0.05) is 41.0 Å². The van der Waals surface area contributed by atoms with Crippen molar-refractivity contribution in [1.29, 1.82) is 0 Å². The van der Waals surface area contributed by atoms with E-state index in [0.29, 0.717) is 53.7 Å². The Labute approximate surface area is 309 Å². The predicted molar refractivity (Wildman–Crippen MR) is 195 cm³/mol. The summed E-state index contributed by atoms with van der Waals surface area (Å²) >= 11 is 6.43. The molecule has 3 fully saturated rings. The topological polar surface area (TPSA) is 134 Å². The maximum atomic E-state index is 16.9. The van der Waals surface area contributed by atoms with E-state index < -0.39 is 17.2 Å². The van der Waals surface area contributed by atoms with Crippen LogP contribution in [-0.2, 0) is 10.4 Å². The third kappa shape index (κ3) is 6.46. The van der Waals surface area contributed by atoms with Crippen LogP contribution in [0.3, 0.4) is 0 Å². The van der Waals surface area contributed by atoms with Crippen LogP contribution >= 0.6 is 11.6 Å². The number of hydrogen-bond donors (Lipinski definition) is 1. The second-order valence-electron chi connectivity index (χ2n) is 14.7. The molecule has 3 aliphatic heterocycles. The van der Waals surface area contributed by atoms with Crippen molar-refractivity contribution in [3.05, 3.63) is 71.0 Å². The van der Waals surface area contributed by atoms with Crippen molar-refractivity contribution in [3.8, 4) is 17.3 Å². The Hall–Kier alpha value is -4.79. The Bertz CT molecular complexity index is 2250. The Morgan fingerprint density at radius 3 is 2.70 bits per heavy atom. The van der Waals surface area contributed by atoms with E-state index in [0.717, 1.165) is 38.8 Å². The van der Waals surface area contributed by atoms with Crippen LogP contribution in [0.1, 0.15) is 57.7 Å². The van der Waals surface area contributed by atoms with E-state index in [1.165, 1.54) is 24.4 Å². The first kappa shape index (κ1) is 35.3. The fraction of sp³-hybridized carbons (Fsp3) is 0.421. The van der Waals surface area contributed by atoms with Gasteiger partial charge in [0.2, 0.25) is 11.7 Å². The number of benzene rings is 2. The lowest BCUT2D eigenvalue weighted by Crippen LogP contribution is -2.43. The van der Waals surface area contributed by atoms with Crippen LogP contribution in [0, 0.1) is 11.6 Å². The zero-order chi connectivity index (χ0) is 37.1. The van der Waals surface area contributed by atoms with Gasteiger partial charge in [-0.05, 0) is 70.5 Å². The SMILES string of the molecule is CN(c1nc(OCC23CCCN2CCC3)nc2c(F)c(-c3cccc4ccc(F)c(Cl)c34)ncc12)C1CCN(C(=O)/C=C/c2nc(C(C)(C)O)no2)C1. The summed E-state index contributed by atoms with van der Waals surface area (Å²) < 4.78 is 43.0. The van der Waals surface area contributed by atoms with Crippen LogP contribution in [0.4, 0.5) is 14.6 Å². The summed E-state index contributed by atoms with van der Waals surface area (Å²) in [5, 5.41) is 15.1. The zero-order valence-electron chi connectivity index (χ0n) is 29.7. The van der Waals surface area contributed by atoms with Gasteiger partial charge in [-0.2, -0.15) is 15.0 Å². The predicted octanol–water partition coefficient (Wildman–Crippen LogP) is 6.14. The van der Waals surface area contributed by atoms with Crippen molar-refractivity contribution in [2.45, 2.75) is 63.1 Å². The lowest BCUT2D eigenvalue weighted by Gasteiger charge is -2.31. The Morgan fingerprint density at radius 2 is 1.94 bits per heavy atom. The van der Waals surface area contributed by atoms with E-state index in [1.54, 1.807) is 43.0 Å². The Balaban J connectivity index is 1.12. The molecule has 276 valence electrons. The molecule has 0 saturated carbocycles. The highest BCUT2D eigenvalue weighted by Gasteiger charge is 2.45. The third-order valence-electron chi connectivity index (χ3n) is 10.8. The summed E-state index contributed by atoms with van der Waals surface area (Å²) in [4.78, 5) is 37.4. The molecule has 3 aliphatic rings. The monoisotopic (exact) mass is 744 g/mol. The summed E-state index contributed by atoms with van der Waals surface area (Å²) in [5.41, 5.74) is -1.04. The number of rotatable bonds is 9. The largest absolute Gasteiger partial charge is 0.461 e. The third-order valence-corrected chi connectivity index (χ3v) is 11.2. The van der Waals surface area contributed by atoms with Gasteiger partial charge in [0.1, 0.15) is 35.1 Å². The van der Waals surface area contributed by atoms with E-state index in [1.807, 2.05) is 11.9 Å². The van der Waals surface area contributed by atoms with Gasteiger partial charge in [-0.25, -0.2) is 8.78 Å². The molecule has 8 rings (SSSR count). The summed E-state index contributed by atoms with van der Waals surface area (Å²) in [6.07, 6.45) is 9.14. The van der Waals surface area contributed by atoms with Crippen LogP contribution in [0.2, 0.25) is 5.02 Å². The highest BCUT2D eigenvalue weighted by molar-refractivity contribution is 6.36. The Morgan fingerprint density at radius 1 is 1.15 bits per heavy atom. The number of nitrogens with zero attached hydrogens (tertiary/aromatic N) is 8. The van der Waals surface area contributed by atoms with Gasteiger partial charge in [0.05, 0.1) is 15.9 Å². The molecule has 12 nitrogen and oxygen atoms in total. The molecule has 53 heavy (non-hydrogen) atoms. The lowest BCUT2D eigenvalue weighted by molar-refractivity contribution is -0.124. The van der Waals surface area contributed by atoms with Crippen molar-refractivity contribution in [3.63, 3.8) is 0 Å². The molecule has 0 bridgehead atoms. The number of likely N-dealkylation sites (tertiary alicyclic amines) is 1. The van der Waals surface area contributed by atoms with Crippen molar-refractivity contribution in [2.24, 2.45) is 0 Å². The fourth-order valence-electron chi connectivity index (χ4n) is 7.94. The molecule has 6 heterocycles. The fourth-order valence-corrected chi connectivity index (χ4v) is 8.21. The van der Waals surface area contributed by atoms with Crippen molar-refractivity contribution < 1.29 is 27.9 Å². The average Bonchev–Trinajstić information content (AvgIpc) is 3.96. The van der Waals surface area contributed by atoms with E-state index >= 15 is 4.39 Å². The highest BCUT2D eigenvalue weighted by Crippen LogP contribution is 2.41. The van der Waals surface area contributed by atoms with Gasteiger partial charge < -0.3 is 24.2 Å². The number of likely N-dealkylation sites (N-methyl/N-ethyl adjacent to an activating group) is 1. The summed E-state index contributed by atoms with van der Waals surface area (Å²) in [6.45, 7) is 6.35. The molecule has 1 amide bonds. The van der Waals surface area contributed by atoms with Crippen molar-refractivity contribution in [1.82, 2.24) is 34.9 Å². The molecule has 1 unspecified atom stereocenters. The second-order valence-corrected chi connectivity index (χ2v) is 15.0. The minimum absolute atomic E-state index is 0.0115. The number of pyridine rings is 1. The standard InChI is InChI=1S/C38H39ClF2N8O4/c1-37(2,51)35-43-27(53-46-35)11-12-28(50)48-18-13-23(20-48)47(3)34-25-19-42-32(24-8-4-7-22-9-10-26(40)30(39)29(22)24)31(41)33(25)44-36(45-34)52-21-38-14-5-16-49(38)17-6-15-38/h4,7-12,19,23,51H,5-6,13-18,20-21H2,1-3H3/b12-11+. The molecule has 1 N–H and O–H groups in total. The molecule has 3 aromatic heterocycles. The molecule has 1 atom stereocenters.